The number of aromatic nitrogens is 1. The van der Waals surface area contributed by atoms with Crippen molar-refractivity contribution in [3.63, 3.8) is 0 Å². The first kappa shape index (κ1) is 13.2. The third-order valence-electron chi connectivity index (χ3n) is 2.67. The summed E-state index contributed by atoms with van der Waals surface area (Å²) in [6.07, 6.45) is 1.02. The Balaban J connectivity index is 1.94. The van der Waals surface area contributed by atoms with E-state index in [2.05, 4.69) is 10.3 Å². The number of carbonyl (C=O) groups excluding carboxylic acids is 1. The Bertz CT molecular complexity index is 552. The fraction of sp³-hybridized carbons (Fsp3) is 0.143. The van der Waals surface area contributed by atoms with E-state index in [1.54, 1.807) is 0 Å². The highest BCUT2D eigenvalue weighted by Gasteiger charge is 2.06. The lowest BCUT2D eigenvalue weighted by Gasteiger charge is -2.05. The zero-order valence-electron chi connectivity index (χ0n) is 10.3. The number of amides is 1. The maximum absolute atomic E-state index is 12.7. The third-order valence-corrected chi connectivity index (χ3v) is 2.67. The van der Waals surface area contributed by atoms with Crippen LogP contribution in [0.5, 0.6) is 0 Å². The average Bonchev–Trinajstić information content (AvgIpc) is 2.46. The monoisotopic (exact) mass is 259 g/mol. The van der Waals surface area contributed by atoms with Crippen molar-refractivity contribution in [1.29, 1.82) is 0 Å². The van der Waals surface area contributed by atoms with Crippen molar-refractivity contribution >= 4 is 5.91 Å². The summed E-state index contributed by atoms with van der Waals surface area (Å²) in [7, 11) is 0. The van der Waals surface area contributed by atoms with Gasteiger partial charge in [-0.3, -0.25) is 4.79 Å². The molecule has 19 heavy (non-hydrogen) atoms. The molecule has 5 heteroatoms. The molecule has 1 amide bonds. The summed E-state index contributed by atoms with van der Waals surface area (Å²) in [6.45, 7) is 0.884. The van der Waals surface area contributed by atoms with Gasteiger partial charge in [0.2, 0.25) is 0 Å². The number of halogens is 1. The van der Waals surface area contributed by atoms with Crippen LogP contribution in [-0.4, -0.2) is 10.9 Å². The van der Waals surface area contributed by atoms with Crippen molar-refractivity contribution in [2.75, 3.05) is 0 Å². The summed E-state index contributed by atoms with van der Waals surface area (Å²) in [5.74, 6) is -0.795. The van der Waals surface area contributed by atoms with E-state index in [4.69, 9.17) is 5.73 Å². The van der Waals surface area contributed by atoms with E-state index in [0.29, 0.717) is 13.1 Å². The van der Waals surface area contributed by atoms with Crippen LogP contribution >= 0.6 is 0 Å². The summed E-state index contributed by atoms with van der Waals surface area (Å²) in [6, 6.07) is 10.2. The number of nitrogens with one attached hydrogen (secondary N) is 1. The number of hydrogen-bond acceptors (Lipinski definition) is 3. The second-order valence-electron chi connectivity index (χ2n) is 4.06. The van der Waals surface area contributed by atoms with Gasteiger partial charge in [-0.05, 0) is 23.3 Å². The lowest BCUT2D eigenvalue weighted by molar-refractivity contribution is 0.0946. The number of pyridine rings is 1. The van der Waals surface area contributed by atoms with Crippen molar-refractivity contribution in [1.82, 2.24) is 10.3 Å². The standard InChI is InChI=1S/C14H14FN3O/c15-12-5-6-13(17-9-12)14(19)18-8-11-3-1-10(7-16)2-4-11/h1-6,9H,7-8,16H2,(H,18,19). The van der Waals surface area contributed by atoms with Gasteiger partial charge >= 0.3 is 0 Å². The van der Waals surface area contributed by atoms with Gasteiger partial charge in [-0.1, -0.05) is 24.3 Å². The molecule has 0 atom stereocenters. The lowest BCUT2D eigenvalue weighted by atomic mass is 10.1. The molecule has 1 heterocycles. The number of rotatable bonds is 4. The summed E-state index contributed by atoms with van der Waals surface area (Å²) in [5.41, 5.74) is 7.70. The molecule has 0 bridgehead atoms. The van der Waals surface area contributed by atoms with Crippen molar-refractivity contribution in [2.45, 2.75) is 13.1 Å². The van der Waals surface area contributed by atoms with Crippen LogP contribution in [0.15, 0.2) is 42.6 Å². The molecule has 98 valence electrons. The average molecular weight is 259 g/mol. The van der Waals surface area contributed by atoms with Gasteiger partial charge in [-0.25, -0.2) is 9.37 Å². The normalized spacial score (nSPS) is 10.2. The van der Waals surface area contributed by atoms with Gasteiger partial charge in [0.1, 0.15) is 11.5 Å². The van der Waals surface area contributed by atoms with E-state index in [0.717, 1.165) is 17.3 Å². The molecule has 0 fully saturated rings. The maximum Gasteiger partial charge on any atom is 0.270 e. The minimum Gasteiger partial charge on any atom is -0.347 e. The van der Waals surface area contributed by atoms with Crippen molar-refractivity contribution in [2.24, 2.45) is 5.73 Å². The zero-order chi connectivity index (χ0) is 13.7. The number of carbonyl (C=O) groups is 1. The van der Waals surface area contributed by atoms with E-state index >= 15 is 0 Å². The topological polar surface area (TPSA) is 68.0 Å². The SMILES string of the molecule is NCc1ccc(CNC(=O)c2ccc(F)cn2)cc1. The molecular weight excluding hydrogens is 245 g/mol. The van der Waals surface area contributed by atoms with E-state index in [-0.39, 0.29) is 11.6 Å². The fourth-order valence-corrected chi connectivity index (χ4v) is 1.58. The van der Waals surface area contributed by atoms with Gasteiger partial charge in [0.15, 0.2) is 0 Å². The Morgan fingerprint density at radius 3 is 2.42 bits per heavy atom. The van der Waals surface area contributed by atoms with E-state index < -0.39 is 5.82 Å². The van der Waals surface area contributed by atoms with Crippen LogP contribution in [0.3, 0.4) is 0 Å². The lowest BCUT2D eigenvalue weighted by Crippen LogP contribution is -2.23. The quantitative estimate of drug-likeness (QED) is 0.876. The molecule has 1 aromatic carbocycles. The molecule has 0 saturated heterocycles. The van der Waals surface area contributed by atoms with Crippen LogP contribution < -0.4 is 11.1 Å². The Kier molecular flexibility index (Phi) is 4.20. The summed E-state index contributed by atoms with van der Waals surface area (Å²) < 4.78 is 12.7. The second-order valence-corrected chi connectivity index (χ2v) is 4.06. The molecule has 2 rings (SSSR count). The predicted molar refractivity (Wildman–Crippen MR) is 69.7 cm³/mol. The molecule has 0 unspecified atom stereocenters. The molecule has 2 aromatic rings. The van der Waals surface area contributed by atoms with Gasteiger partial charge in [0.25, 0.3) is 5.91 Å². The zero-order valence-corrected chi connectivity index (χ0v) is 10.3. The van der Waals surface area contributed by atoms with Crippen LogP contribution in [0.2, 0.25) is 0 Å². The molecule has 0 saturated carbocycles. The minimum atomic E-state index is -0.464. The second kappa shape index (κ2) is 6.06. The van der Waals surface area contributed by atoms with Crippen LogP contribution in [0.4, 0.5) is 4.39 Å². The van der Waals surface area contributed by atoms with Crippen molar-refractivity contribution in [3.05, 3.63) is 65.2 Å². The van der Waals surface area contributed by atoms with Crippen LogP contribution in [0.25, 0.3) is 0 Å². The van der Waals surface area contributed by atoms with Gasteiger partial charge in [-0.2, -0.15) is 0 Å². The molecule has 4 nitrogen and oxygen atoms in total. The largest absolute Gasteiger partial charge is 0.347 e. The van der Waals surface area contributed by atoms with Crippen LogP contribution in [0, 0.1) is 5.82 Å². The first-order chi connectivity index (χ1) is 9.19. The van der Waals surface area contributed by atoms with Crippen LogP contribution in [-0.2, 0) is 13.1 Å². The molecule has 0 spiro atoms. The summed E-state index contributed by atoms with van der Waals surface area (Å²) in [4.78, 5) is 15.5. The molecule has 0 radical (unpaired) electrons. The number of nitrogens with zero attached hydrogens (tertiary/aromatic N) is 1. The molecule has 0 aliphatic heterocycles. The van der Waals surface area contributed by atoms with E-state index in [1.807, 2.05) is 24.3 Å². The summed E-state index contributed by atoms with van der Waals surface area (Å²) in [5, 5.41) is 2.72. The molecule has 3 N–H and O–H groups in total. The number of nitrogens with two attached hydrogens (primary N) is 1. The Morgan fingerprint density at radius 2 is 1.84 bits per heavy atom. The Labute approximate surface area is 110 Å². The Morgan fingerprint density at radius 1 is 1.16 bits per heavy atom. The predicted octanol–water partition coefficient (Wildman–Crippen LogP) is 1.61. The molecule has 0 aliphatic carbocycles. The number of benzene rings is 1. The Hall–Kier alpha value is -2.27. The van der Waals surface area contributed by atoms with Crippen LogP contribution in [0.1, 0.15) is 21.6 Å². The highest BCUT2D eigenvalue weighted by atomic mass is 19.1. The number of hydrogen-bond donors (Lipinski definition) is 2. The van der Waals surface area contributed by atoms with Crippen molar-refractivity contribution < 1.29 is 9.18 Å². The minimum absolute atomic E-state index is 0.194. The molecular formula is C14H14FN3O. The first-order valence-corrected chi connectivity index (χ1v) is 5.86. The third kappa shape index (κ3) is 3.59. The maximum atomic E-state index is 12.7. The van der Waals surface area contributed by atoms with E-state index in [1.165, 1.54) is 12.1 Å². The summed E-state index contributed by atoms with van der Waals surface area (Å²) >= 11 is 0. The molecule has 1 aromatic heterocycles. The van der Waals surface area contributed by atoms with Gasteiger partial charge in [0.05, 0.1) is 6.20 Å². The van der Waals surface area contributed by atoms with Crippen molar-refractivity contribution in [3.8, 4) is 0 Å². The first-order valence-electron chi connectivity index (χ1n) is 5.86. The fourth-order valence-electron chi connectivity index (χ4n) is 1.58. The highest BCUT2D eigenvalue weighted by Crippen LogP contribution is 2.04. The van der Waals surface area contributed by atoms with E-state index in [9.17, 15) is 9.18 Å². The molecule has 0 aliphatic rings. The highest BCUT2D eigenvalue weighted by molar-refractivity contribution is 5.92. The van der Waals surface area contributed by atoms with Gasteiger partial charge in [-0.15, -0.1) is 0 Å². The smallest absolute Gasteiger partial charge is 0.270 e. The van der Waals surface area contributed by atoms with Gasteiger partial charge in [0, 0.05) is 13.1 Å². The van der Waals surface area contributed by atoms with Gasteiger partial charge < -0.3 is 11.1 Å².